The van der Waals surface area contributed by atoms with E-state index >= 15 is 0 Å². The Bertz CT molecular complexity index is 1390. The fourth-order valence-corrected chi connectivity index (χ4v) is 4.16. The number of fused-ring (bicyclic) bond motifs is 1. The van der Waals surface area contributed by atoms with Gasteiger partial charge in [-0.2, -0.15) is 10.1 Å². The van der Waals surface area contributed by atoms with E-state index in [2.05, 4.69) is 51.9 Å². The van der Waals surface area contributed by atoms with E-state index in [1.165, 1.54) is 11.9 Å². The molecule has 2 heterocycles. The number of aromatic nitrogens is 3. The van der Waals surface area contributed by atoms with E-state index in [1.807, 2.05) is 31.2 Å². The van der Waals surface area contributed by atoms with Crippen LogP contribution in [0.2, 0.25) is 0 Å². The molecule has 0 fully saturated rings. The average Bonchev–Trinajstić information content (AvgIpc) is 3.36. The molecule has 4 aromatic rings. The predicted octanol–water partition coefficient (Wildman–Crippen LogP) is 5.10. The second-order valence-electron chi connectivity index (χ2n) is 8.62. The highest BCUT2D eigenvalue weighted by molar-refractivity contribution is 6.06. The van der Waals surface area contributed by atoms with Crippen LogP contribution < -0.4 is 20.1 Å². The number of aryl methyl sites for hydroxylation is 1. The van der Waals surface area contributed by atoms with Gasteiger partial charge in [-0.3, -0.25) is 4.79 Å². The number of rotatable bonds is 7. The second-order valence-corrected chi connectivity index (χ2v) is 8.62. The van der Waals surface area contributed by atoms with Crippen molar-refractivity contribution in [3.8, 4) is 11.5 Å². The predicted molar refractivity (Wildman–Crippen MR) is 138 cm³/mol. The number of nitrogens with one attached hydrogen (secondary N) is 2. The molecule has 1 amide bonds. The summed E-state index contributed by atoms with van der Waals surface area (Å²) in [6.07, 6.45) is 1.48. The van der Waals surface area contributed by atoms with Crippen molar-refractivity contribution < 1.29 is 14.3 Å². The van der Waals surface area contributed by atoms with Crippen LogP contribution >= 0.6 is 0 Å². The quantitative estimate of drug-likeness (QED) is 0.382. The zero-order chi connectivity index (χ0) is 25.1. The summed E-state index contributed by atoms with van der Waals surface area (Å²) >= 11 is 0. The maximum absolute atomic E-state index is 13.5. The van der Waals surface area contributed by atoms with Crippen molar-refractivity contribution in [3.63, 3.8) is 0 Å². The first-order valence-corrected chi connectivity index (χ1v) is 11.6. The van der Waals surface area contributed by atoms with Crippen molar-refractivity contribution in [3.05, 3.63) is 107 Å². The van der Waals surface area contributed by atoms with Gasteiger partial charge in [0.25, 0.3) is 5.91 Å². The van der Waals surface area contributed by atoms with Gasteiger partial charge in [0.2, 0.25) is 5.95 Å². The summed E-state index contributed by atoms with van der Waals surface area (Å²) in [7, 11) is 1.61. The smallest absolute Gasteiger partial charge is 0.255 e. The number of hydrogen-bond acceptors (Lipinski definition) is 6. The van der Waals surface area contributed by atoms with E-state index < -0.39 is 6.04 Å². The molecule has 1 aliphatic heterocycles. The number of benzene rings is 3. The highest BCUT2D eigenvalue weighted by Crippen LogP contribution is 2.36. The highest BCUT2D eigenvalue weighted by Gasteiger charge is 2.33. The van der Waals surface area contributed by atoms with Gasteiger partial charge in [0.15, 0.2) is 0 Å². The van der Waals surface area contributed by atoms with Gasteiger partial charge < -0.3 is 20.1 Å². The van der Waals surface area contributed by atoms with Crippen molar-refractivity contribution in [1.29, 1.82) is 0 Å². The number of amides is 1. The Kier molecular flexibility index (Phi) is 6.40. The number of methoxy groups -OCH3 is 1. The molecular formula is C28H27N5O3. The Labute approximate surface area is 209 Å². The zero-order valence-electron chi connectivity index (χ0n) is 20.4. The van der Waals surface area contributed by atoms with E-state index in [0.717, 1.165) is 22.6 Å². The second kappa shape index (κ2) is 9.95. The Morgan fingerprint density at radius 3 is 2.36 bits per heavy atom. The zero-order valence-corrected chi connectivity index (χ0v) is 20.4. The van der Waals surface area contributed by atoms with Gasteiger partial charge in [-0.25, -0.2) is 4.68 Å². The molecular weight excluding hydrogens is 454 g/mol. The van der Waals surface area contributed by atoms with Crippen LogP contribution in [-0.2, 0) is 11.4 Å². The van der Waals surface area contributed by atoms with Gasteiger partial charge in [0, 0.05) is 11.4 Å². The minimum Gasteiger partial charge on any atom is -0.497 e. The topological polar surface area (TPSA) is 90.3 Å². The van der Waals surface area contributed by atoms with E-state index in [-0.39, 0.29) is 5.91 Å². The third-order valence-corrected chi connectivity index (χ3v) is 6.11. The van der Waals surface area contributed by atoms with Crippen LogP contribution in [-0.4, -0.2) is 27.8 Å². The number of nitrogens with zero attached hydrogens (tertiary/aromatic N) is 3. The van der Waals surface area contributed by atoms with Gasteiger partial charge in [-0.05, 0) is 61.4 Å². The minimum atomic E-state index is -0.451. The largest absolute Gasteiger partial charge is 0.497 e. The number of carbonyl (C=O) groups excluding carboxylic acids is 1. The van der Waals surface area contributed by atoms with Crippen molar-refractivity contribution in [2.45, 2.75) is 26.5 Å². The summed E-state index contributed by atoms with van der Waals surface area (Å²) in [6.45, 7) is 4.41. The number of carbonyl (C=O) groups is 1. The highest BCUT2D eigenvalue weighted by atomic mass is 16.5. The SMILES string of the molecule is COc1ccc(NC(=O)C2=C(C)Nc3ncnn3[C@@H]2c2ccc(OCc3ccc(C)cc3)cc2)cc1. The fourth-order valence-electron chi connectivity index (χ4n) is 4.16. The summed E-state index contributed by atoms with van der Waals surface area (Å²) in [5, 5.41) is 10.6. The van der Waals surface area contributed by atoms with Gasteiger partial charge >= 0.3 is 0 Å². The third-order valence-electron chi connectivity index (χ3n) is 6.11. The summed E-state index contributed by atoms with van der Waals surface area (Å²) < 4.78 is 12.9. The van der Waals surface area contributed by atoms with Crippen LogP contribution in [0.5, 0.6) is 11.5 Å². The molecule has 3 aromatic carbocycles. The van der Waals surface area contributed by atoms with Gasteiger partial charge in [0.05, 0.1) is 12.7 Å². The molecule has 8 nitrogen and oxygen atoms in total. The molecule has 1 atom stereocenters. The fraction of sp³-hybridized carbons (Fsp3) is 0.179. The molecule has 36 heavy (non-hydrogen) atoms. The molecule has 0 radical (unpaired) electrons. The normalized spacial score (nSPS) is 14.6. The lowest BCUT2D eigenvalue weighted by molar-refractivity contribution is -0.113. The summed E-state index contributed by atoms with van der Waals surface area (Å²) in [6, 6.07) is 22.8. The van der Waals surface area contributed by atoms with Crippen molar-refractivity contribution in [2.75, 3.05) is 17.7 Å². The van der Waals surface area contributed by atoms with E-state index in [4.69, 9.17) is 9.47 Å². The summed E-state index contributed by atoms with van der Waals surface area (Å²) in [4.78, 5) is 17.8. The molecule has 0 saturated heterocycles. The van der Waals surface area contributed by atoms with E-state index in [1.54, 1.807) is 36.1 Å². The minimum absolute atomic E-state index is 0.226. The Balaban J connectivity index is 1.39. The van der Waals surface area contributed by atoms with E-state index in [9.17, 15) is 4.79 Å². The van der Waals surface area contributed by atoms with Gasteiger partial charge in [-0.1, -0.05) is 42.0 Å². The molecule has 0 bridgehead atoms. The Hall–Kier alpha value is -4.59. The molecule has 0 unspecified atom stereocenters. The maximum Gasteiger partial charge on any atom is 0.255 e. The third kappa shape index (κ3) is 4.79. The van der Waals surface area contributed by atoms with Crippen molar-refractivity contribution >= 4 is 17.5 Å². The van der Waals surface area contributed by atoms with Crippen LogP contribution in [0.4, 0.5) is 11.6 Å². The van der Waals surface area contributed by atoms with E-state index in [0.29, 0.717) is 29.5 Å². The summed E-state index contributed by atoms with van der Waals surface area (Å²) in [5.41, 5.74) is 5.15. The van der Waals surface area contributed by atoms with Crippen molar-refractivity contribution in [1.82, 2.24) is 14.8 Å². The lowest BCUT2D eigenvalue weighted by Crippen LogP contribution is -2.31. The van der Waals surface area contributed by atoms with Crippen LogP contribution in [0.25, 0.3) is 0 Å². The molecule has 1 aliphatic rings. The molecule has 0 aliphatic carbocycles. The maximum atomic E-state index is 13.5. The number of hydrogen-bond donors (Lipinski definition) is 2. The van der Waals surface area contributed by atoms with Crippen LogP contribution in [0, 0.1) is 6.92 Å². The lowest BCUT2D eigenvalue weighted by Gasteiger charge is -2.28. The molecule has 2 N–H and O–H groups in total. The Morgan fingerprint density at radius 1 is 0.972 bits per heavy atom. The summed E-state index contributed by atoms with van der Waals surface area (Å²) in [5.74, 6) is 1.82. The first-order chi connectivity index (χ1) is 17.5. The molecule has 182 valence electrons. The molecule has 0 saturated carbocycles. The molecule has 5 rings (SSSR count). The monoisotopic (exact) mass is 481 g/mol. The molecule has 1 aromatic heterocycles. The first kappa shape index (κ1) is 23.2. The van der Waals surface area contributed by atoms with Crippen LogP contribution in [0.3, 0.4) is 0 Å². The van der Waals surface area contributed by atoms with Crippen LogP contribution in [0.15, 0.2) is 90.4 Å². The standard InChI is InChI=1S/C28H27N5O3/c1-18-4-6-20(7-5-18)16-36-24-12-8-21(9-13-24)26-25(19(2)31-28-29-17-30-33(26)28)27(34)32-22-10-14-23(35-3)15-11-22/h4-15,17,26H,16H2,1-3H3,(H,32,34)(H,29,30,31)/t26-/m1/s1. The lowest BCUT2D eigenvalue weighted by atomic mass is 9.95. The van der Waals surface area contributed by atoms with Gasteiger partial charge in [-0.15, -0.1) is 0 Å². The molecule has 0 spiro atoms. The number of allylic oxidation sites excluding steroid dienone is 1. The first-order valence-electron chi connectivity index (χ1n) is 11.6. The van der Waals surface area contributed by atoms with Crippen LogP contribution in [0.1, 0.15) is 29.7 Å². The average molecular weight is 482 g/mol. The van der Waals surface area contributed by atoms with Gasteiger partial charge in [0.1, 0.15) is 30.5 Å². The Morgan fingerprint density at radius 2 is 1.67 bits per heavy atom. The van der Waals surface area contributed by atoms with Crippen molar-refractivity contribution in [2.24, 2.45) is 0 Å². The number of ether oxygens (including phenoxy) is 2. The molecule has 8 heteroatoms. The number of anilines is 2.